The summed E-state index contributed by atoms with van der Waals surface area (Å²) in [4.78, 5) is 32.5. The van der Waals surface area contributed by atoms with Crippen LogP contribution < -0.4 is 14.9 Å². The van der Waals surface area contributed by atoms with Gasteiger partial charge in [-0.2, -0.15) is 0 Å². The monoisotopic (exact) mass is 555 g/mol. The van der Waals surface area contributed by atoms with Gasteiger partial charge in [-0.1, -0.05) is 74.6 Å². The van der Waals surface area contributed by atoms with Crippen molar-refractivity contribution < 1.29 is 9.53 Å². The van der Waals surface area contributed by atoms with Gasteiger partial charge in [0.25, 0.3) is 5.56 Å². The van der Waals surface area contributed by atoms with E-state index < -0.39 is 12.0 Å². The molecule has 7 heteroatoms. The lowest BCUT2D eigenvalue weighted by atomic mass is 9.93. The van der Waals surface area contributed by atoms with Crippen LogP contribution in [0.1, 0.15) is 87.0 Å². The first-order valence-corrected chi connectivity index (χ1v) is 14.7. The van der Waals surface area contributed by atoms with Crippen LogP contribution in [0.5, 0.6) is 0 Å². The lowest BCUT2D eigenvalue weighted by Crippen LogP contribution is -2.39. The number of carbonyl (C=O) groups is 1. The third-order valence-electron chi connectivity index (χ3n) is 8.17. The number of rotatable bonds is 6. The number of methoxy groups -OCH3 is 1. The average Bonchev–Trinajstić information content (AvgIpc) is 3.40. The van der Waals surface area contributed by atoms with E-state index in [0.717, 1.165) is 28.6 Å². The number of hydrogen-bond acceptors (Lipinski definition) is 5. The highest BCUT2D eigenvalue weighted by atomic mass is 32.1. The third kappa shape index (κ3) is 4.46. The predicted molar refractivity (Wildman–Crippen MR) is 163 cm³/mol. The van der Waals surface area contributed by atoms with Gasteiger partial charge in [0.2, 0.25) is 0 Å². The van der Waals surface area contributed by atoms with Crippen molar-refractivity contribution in [1.29, 1.82) is 0 Å². The summed E-state index contributed by atoms with van der Waals surface area (Å²) < 4.78 is 9.81. The van der Waals surface area contributed by atoms with Gasteiger partial charge < -0.3 is 9.30 Å². The zero-order chi connectivity index (χ0) is 28.9. The molecule has 40 heavy (non-hydrogen) atoms. The Morgan fingerprint density at radius 3 is 2.42 bits per heavy atom. The highest BCUT2D eigenvalue weighted by Crippen LogP contribution is 2.34. The van der Waals surface area contributed by atoms with Crippen molar-refractivity contribution in [3.05, 3.63) is 101 Å². The number of aryl methyl sites for hydroxylation is 1. The second-order valence-corrected chi connectivity index (χ2v) is 12.0. The summed E-state index contributed by atoms with van der Waals surface area (Å²) in [6, 6.07) is 14.2. The number of carbonyl (C=O) groups excluding carboxylic acids is 1. The Bertz CT molecular complexity index is 1830. The smallest absolute Gasteiger partial charge is 0.338 e. The van der Waals surface area contributed by atoms with Crippen LogP contribution in [-0.4, -0.2) is 22.2 Å². The number of aromatic nitrogens is 2. The standard InChI is InChI=1S/C33H37N3O3S/c1-9-20(5)35-22(7)26(25-12-10-11-19(4)29(25)35)17-27-31(37)36-30(24-15-13-23(14-16-24)18(2)3)28(32(38)39-8)21(6)34-33(36)40-27/h10-18,20,30H,9H2,1-8H3/b27-17-/t20-,30-/m0/s1. The minimum atomic E-state index is -0.614. The number of esters is 1. The summed E-state index contributed by atoms with van der Waals surface area (Å²) in [5.41, 5.74) is 7.45. The van der Waals surface area contributed by atoms with Gasteiger partial charge in [0.15, 0.2) is 4.80 Å². The van der Waals surface area contributed by atoms with Crippen molar-refractivity contribution in [2.75, 3.05) is 7.11 Å². The molecule has 0 aliphatic carbocycles. The summed E-state index contributed by atoms with van der Waals surface area (Å²) in [6.45, 7) is 14.8. The van der Waals surface area contributed by atoms with Gasteiger partial charge >= 0.3 is 5.97 Å². The van der Waals surface area contributed by atoms with E-state index in [9.17, 15) is 9.59 Å². The van der Waals surface area contributed by atoms with Crippen molar-refractivity contribution in [2.24, 2.45) is 4.99 Å². The van der Waals surface area contributed by atoms with Gasteiger partial charge in [-0.15, -0.1) is 0 Å². The molecule has 0 amide bonds. The van der Waals surface area contributed by atoms with Gasteiger partial charge in [0, 0.05) is 22.7 Å². The zero-order valence-corrected chi connectivity index (χ0v) is 25.3. The van der Waals surface area contributed by atoms with Gasteiger partial charge in [0.1, 0.15) is 0 Å². The molecule has 5 rings (SSSR count). The normalized spacial score (nSPS) is 16.4. The van der Waals surface area contributed by atoms with Crippen molar-refractivity contribution in [1.82, 2.24) is 9.13 Å². The van der Waals surface area contributed by atoms with Crippen LogP contribution in [0.2, 0.25) is 0 Å². The largest absolute Gasteiger partial charge is 0.466 e. The molecule has 2 aromatic carbocycles. The van der Waals surface area contributed by atoms with Crippen LogP contribution in [0, 0.1) is 13.8 Å². The molecule has 1 aliphatic rings. The van der Waals surface area contributed by atoms with Crippen LogP contribution in [0.15, 0.2) is 63.5 Å². The zero-order valence-electron chi connectivity index (χ0n) is 24.5. The SMILES string of the molecule is CC[C@H](C)n1c(C)c(/C=c2\sc3n(c2=O)[C@@H](c2ccc(C(C)C)cc2)C(C(=O)OC)=C(C)N=3)c2cccc(C)c21. The Labute approximate surface area is 239 Å². The van der Waals surface area contributed by atoms with Gasteiger partial charge in [-0.05, 0) is 62.8 Å². The molecular weight excluding hydrogens is 518 g/mol. The van der Waals surface area contributed by atoms with Crippen LogP contribution in [-0.2, 0) is 9.53 Å². The molecule has 6 nitrogen and oxygen atoms in total. The lowest BCUT2D eigenvalue weighted by molar-refractivity contribution is -0.136. The van der Waals surface area contributed by atoms with E-state index in [-0.39, 0.29) is 5.56 Å². The van der Waals surface area contributed by atoms with E-state index in [4.69, 9.17) is 9.73 Å². The maximum atomic E-state index is 14.2. The van der Waals surface area contributed by atoms with E-state index >= 15 is 0 Å². The Hall–Kier alpha value is -3.71. The summed E-state index contributed by atoms with van der Waals surface area (Å²) >= 11 is 1.37. The van der Waals surface area contributed by atoms with Gasteiger partial charge in [0.05, 0.1) is 34.5 Å². The molecular formula is C33H37N3O3S. The minimum Gasteiger partial charge on any atom is -0.466 e. The fourth-order valence-corrected chi connectivity index (χ4v) is 6.83. The van der Waals surface area contributed by atoms with Crippen LogP contribution in [0.4, 0.5) is 0 Å². The third-order valence-corrected chi connectivity index (χ3v) is 9.16. The number of thiazole rings is 1. The molecule has 0 saturated carbocycles. The molecule has 0 radical (unpaired) electrons. The first-order valence-electron chi connectivity index (χ1n) is 13.9. The Morgan fingerprint density at radius 2 is 1.80 bits per heavy atom. The summed E-state index contributed by atoms with van der Waals surface area (Å²) in [6.07, 6.45) is 3.02. The molecule has 0 bridgehead atoms. The Balaban J connectivity index is 1.78. The second-order valence-electron chi connectivity index (χ2n) is 11.0. The molecule has 0 unspecified atom stereocenters. The van der Waals surface area contributed by atoms with Crippen LogP contribution in [0.3, 0.4) is 0 Å². The Morgan fingerprint density at radius 1 is 1.10 bits per heavy atom. The second kappa shape index (κ2) is 10.7. The minimum absolute atomic E-state index is 0.160. The quantitative estimate of drug-likeness (QED) is 0.271. The number of allylic oxidation sites excluding steroid dienone is 1. The number of fused-ring (bicyclic) bond motifs is 2. The predicted octanol–water partition coefficient (Wildman–Crippen LogP) is 6.07. The van der Waals surface area contributed by atoms with E-state index in [1.165, 1.54) is 35.1 Å². The van der Waals surface area contributed by atoms with Crippen molar-refractivity contribution in [2.45, 2.75) is 72.9 Å². The topological polar surface area (TPSA) is 65.6 Å². The molecule has 3 heterocycles. The number of benzene rings is 2. The maximum Gasteiger partial charge on any atom is 0.338 e. The summed E-state index contributed by atoms with van der Waals surface area (Å²) in [5.74, 6) is -0.103. The van der Waals surface area contributed by atoms with Crippen LogP contribution in [0.25, 0.3) is 17.0 Å². The van der Waals surface area contributed by atoms with Crippen LogP contribution >= 0.6 is 11.3 Å². The molecule has 1 aliphatic heterocycles. The van der Waals surface area contributed by atoms with Crippen molar-refractivity contribution >= 4 is 34.3 Å². The first-order chi connectivity index (χ1) is 19.1. The highest BCUT2D eigenvalue weighted by molar-refractivity contribution is 7.07. The molecule has 2 aromatic heterocycles. The fourth-order valence-electron chi connectivity index (χ4n) is 5.81. The van der Waals surface area contributed by atoms with E-state index in [2.05, 4.69) is 76.4 Å². The Kier molecular flexibility index (Phi) is 7.44. The molecule has 0 fully saturated rings. The van der Waals surface area contributed by atoms with E-state index in [0.29, 0.717) is 32.6 Å². The van der Waals surface area contributed by atoms with E-state index in [1.54, 1.807) is 4.57 Å². The fraction of sp³-hybridized carbons (Fsp3) is 0.364. The molecule has 2 atom stereocenters. The van der Waals surface area contributed by atoms with Crippen molar-refractivity contribution in [3.63, 3.8) is 0 Å². The first kappa shape index (κ1) is 27.8. The molecule has 0 saturated heterocycles. The van der Waals surface area contributed by atoms with E-state index in [1.807, 2.05) is 25.1 Å². The molecule has 4 aromatic rings. The number of ether oxygens (including phenoxy) is 1. The maximum absolute atomic E-state index is 14.2. The number of para-hydroxylation sites is 1. The average molecular weight is 556 g/mol. The molecule has 0 spiro atoms. The highest BCUT2D eigenvalue weighted by Gasteiger charge is 2.33. The van der Waals surface area contributed by atoms with Gasteiger partial charge in [-0.25, -0.2) is 9.79 Å². The molecule has 208 valence electrons. The molecule has 0 N–H and O–H groups in total. The van der Waals surface area contributed by atoms with Crippen molar-refractivity contribution in [3.8, 4) is 0 Å². The van der Waals surface area contributed by atoms with Gasteiger partial charge in [-0.3, -0.25) is 9.36 Å². The summed E-state index contributed by atoms with van der Waals surface area (Å²) in [5, 5.41) is 1.14. The lowest BCUT2D eigenvalue weighted by Gasteiger charge is -2.24. The number of nitrogens with zero attached hydrogens (tertiary/aromatic N) is 3. The summed E-state index contributed by atoms with van der Waals surface area (Å²) in [7, 11) is 1.37. The number of hydrogen-bond donors (Lipinski definition) is 0.